The summed E-state index contributed by atoms with van der Waals surface area (Å²) in [5.74, 6) is 0.710. The highest BCUT2D eigenvalue weighted by atomic mass is 16.2. The van der Waals surface area contributed by atoms with Gasteiger partial charge in [-0.2, -0.15) is 0 Å². The molecule has 3 atom stereocenters. The zero-order valence-electron chi connectivity index (χ0n) is 15.9. The second kappa shape index (κ2) is 6.97. The first kappa shape index (κ1) is 17.8. The first-order valence-corrected chi connectivity index (χ1v) is 10.3. The second-order valence-corrected chi connectivity index (χ2v) is 8.55. The number of piperidine rings is 2. The Morgan fingerprint density at radius 3 is 2.61 bits per heavy atom. The lowest BCUT2D eigenvalue weighted by Crippen LogP contribution is -2.52. The van der Waals surface area contributed by atoms with Crippen LogP contribution >= 0.6 is 0 Å². The number of carbonyl (C=O) groups excluding carboxylic acids is 3. The number of rotatable bonds is 4. The number of nitrogens with zero attached hydrogens (tertiary/aromatic N) is 1. The van der Waals surface area contributed by atoms with Gasteiger partial charge in [0.1, 0.15) is 6.04 Å². The van der Waals surface area contributed by atoms with Crippen molar-refractivity contribution in [1.82, 2.24) is 20.9 Å². The van der Waals surface area contributed by atoms with E-state index >= 15 is 0 Å². The second-order valence-electron chi connectivity index (χ2n) is 8.55. The van der Waals surface area contributed by atoms with Crippen molar-refractivity contribution in [1.29, 1.82) is 0 Å². The van der Waals surface area contributed by atoms with Crippen LogP contribution in [0, 0.1) is 11.8 Å². The highest BCUT2D eigenvalue weighted by molar-refractivity contribution is 6.05. The molecule has 1 aromatic rings. The Labute approximate surface area is 164 Å². The number of hydrogen-bond donors (Lipinski definition) is 3. The lowest BCUT2D eigenvalue weighted by molar-refractivity contribution is -0.136. The number of benzene rings is 1. The van der Waals surface area contributed by atoms with Crippen LogP contribution in [0.25, 0.3) is 0 Å². The van der Waals surface area contributed by atoms with Gasteiger partial charge in [0.05, 0.1) is 0 Å². The zero-order chi connectivity index (χ0) is 19.3. The highest BCUT2D eigenvalue weighted by Gasteiger charge is 2.40. The monoisotopic (exact) mass is 382 g/mol. The fraction of sp³-hybridized carbons (Fsp3) is 0.571. The van der Waals surface area contributed by atoms with Gasteiger partial charge in [0.2, 0.25) is 11.8 Å². The molecule has 3 unspecified atom stereocenters. The Balaban J connectivity index is 1.27. The molecule has 4 aliphatic rings. The molecule has 0 radical (unpaired) electrons. The van der Waals surface area contributed by atoms with Crippen molar-refractivity contribution >= 4 is 17.7 Å². The number of carbonyl (C=O) groups is 3. The number of hydrogen-bond acceptors (Lipinski definition) is 5. The zero-order valence-corrected chi connectivity index (χ0v) is 15.9. The largest absolute Gasteiger partial charge is 0.322 e. The summed E-state index contributed by atoms with van der Waals surface area (Å²) in [5.41, 5.74) is 2.83. The van der Waals surface area contributed by atoms with Gasteiger partial charge in [0.15, 0.2) is 0 Å². The SMILES string of the molecule is O=C1CCC(N2Cc3cc(CNC4C5CCC4CNC5)ccc3C2=O)C(=O)N1. The molecule has 5 rings (SSSR count). The van der Waals surface area contributed by atoms with Crippen LogP contribution < -0.4 is 16.0 Å². The van der Waals surface area contributed by atoms with Crippen molar-refractivity contribution in [2.45, 2.75) is 50.9 Å². The predicted octanol–water partition coefficient (Wildman–Crippen LogP) is 0.535. The van der Waals surface area contributed by atoms with Gasteiger partial charge in [-0.05, 0) is 61.4 Å². The van der Waals surface area contributed by atoms with Crippen LogP contribution in [0.5, 0.6) is 0 Å². The minimum atomic E-state index is -0.551. The predicted molar refractivity (Wildman–Crippen MR) is 102 cm³/mol. The third-order valence-electron chi connectivity index (χ3n) is 6.87. The third-order valence-corrected chi connectivity index (χ3v) is 6.87. The summed E-state index contributed by atoms with van der Waals surface area (Å²) < 4.78 is 0. The first-order chi connectivity index (χ1) is 13.6. The normalized spacial score (nSPS) is 31.9. The summed E-state index contributed by atoms with van der Waals surface area (Å²) in [6.45, 7) is 3.45. The molecule has 3 heterocycles. The Morgan fingerprint density at radius 1 is 1.07 bits per heavy atom. The smallest absolute Gasteiger partial charge is 0.255 e. The number of amides is 3. The minimum absolute atomic E-state index is 0.111. The van der Waals surface area contributed by atoms with Gasteiger partial charge in [-0.25, -0.2) is 0 Å². The van der Waals surface area contributed by atoms with Crippen molar-refractivity contribution in [3.05, 3.63) is 34.9 Å². The molecule has 3 aliphatic heterocycles. The van der Waals surface area contributed by atoms with Crippen LogP contribution in [0.4, 0.5) is 0 Å². The molecule has 2 bridgehead atoms. The van der Waals surface area contributed by atoms with Gasteiger partial charge in [-0.15, -0.1) is 0 Å². The number of fused-ring (bicyclic) bond motifs is 3. The van der Waals surface area contributed by atoms with Crippen LogP contribution in [-0.4, -0.2) is 47.8 Å². The average molecular weight is 382 g/mol. The standard InChI is InChI=1S/C21H26N4O3/c26-18-6-5-17(20(27)24-18)25-11-15-7-12(1-4-16(15)21(25)28)8-23-19-13-2-3-14(19)10-22-9-13/h1,4,7,13-14,17,19,22-23H,2-3,5-6,8-11H2,(H,24,26,27). The van der Waals surface area contributed by atoms with Gasteiger partial charge >= 0.3 is 0 Å². The van der Waals surface area contributed by atoms with E-state index < -0.39 is 6.04 Å². The highest BCUT2D eigenvalue weighted by Crippen LogP contribution is 2.34. The molecule has 0 spiro atoms. The van der Waals surface area contributed by atoms with E-state index in [2.05, 4.69) is 22.0 Å². The molecule has 3 N–H and O–H groups in total. The number of imide groups is 1. The Hall–Kier alpha value is -2.25. The molecule has 0 aromatic heterocycles. The van der Waals surface area contributed by atoms with Crippen molar-refractivity contribution in [3.8, 4) is 0 Å². The first-order valence-electron chi connectivity index (χ1n) is 10.3. The van der Waals surface area contributed by atoms with Crippen LogP contribution in [0.3, 0.4) is 0 Å². The maximum atomic E-state index is 12.8. The molecule has 28 heavy (non-hydrogen) atoms. The van der Waals surface area contributed by atoms with E-state index in [9.17, 15) is 14.4 Å². The quantitative estimate of drug-likeness (QED) is 0.661. The molecular formula is C21H26N4O3. The van der Waals surface area contributed by atoms with E-state index in [4.69, 9.17) is 0 Å². The summed E-state index contributed by atoms with van der Waals surface area (Å²) in [7, 11) is 0. The molecular weight excluding hydrogens is 356 g/mol. The maximum Gasteiger partial charge on any atom is 0.255 e. The van der Waals surface area contributed by atoms with Gasteiger partial charge in [-0.3, -0.25) is 19.7 Å². The fourth-order valence-electron chi connectivity index (χ4n) is 5.39. The molecule has 2 saturated heterocycles. The Kier molecular flexibility index (Phi) is 4.44. The summed E-state index contributed by atoms with van der Waals surface area (Å²) in [6, 6.07) is 6.02. The van der Waals surface area contributed by atoms with Crippen LogP contribution in [0.1, 0.15) is 47.2 Å². The minimum Gasteiger partial charge on any atom is -0.322 e. The van der Waals surface area contributed by atoms with Crippen molar-refractivity contribution in [2.75, 3.05) is 13.1 Å². The van der Waals surface area contributed by atoms with Crippen LogP contribution in [0.15, 0.2) is 18.2 Å². The lowest BCUT2D eigenvalue weighted by Gasteiger charge is -2.31. The fourth-order valence-corrected chi connectivity index (χ4v) is 5.39. The molecule has 1 aromatic carbocycles. The molecule has 7 nitrogen and oxygen atoms in total. The summed E-state index contributed by atoms with van der Waals surface area (Å²) >= 11 is 0. The van der Waals surface area contributed by atoms with Gasteiger partial charge in [0, 0.05) is 31.1 Å². The van der Waals surface area contributed by atoms with Crippen molar-refractivity contribution in [3.63, 3.8) is 0 Å². The molecule has 3 fully saturated rings. The van der Waals surface area contributed by atoms with E-state index in [0.29, 0.717) is 24.6 Å². The molecule has 148 valence electrons. The lowest BCUT2D eigenvalue weighted by atomic mass is 9.93. The van der Waals surface area contributed by atoms with Gasteiger partial charge in [-0.1, -0.05) is 12.1 Å². The molecule has 1 aliphatic carbocycles. The molecule has 3 amide bonds. The average Bonchev–Trinajstić information content (AvgIpc) is 3.11. The topological polar surface area (TPSA) is 90.5 Å². The van der Waals surface area contributed by atoms with Gasteiger partial charge in [0.25, 0.3) is 5.91 Å². The van der Waals surface area contributed by atoms with E-state index in [1.807, 2.05) is 12.1 Å². The maximum absolute atomic E-state index is 12.8. The van der Waals surface area contributed by atoms with Crippen LogP contribution in [-0.2, 0) is 22.7 Å². The Morgan fingerprint density at radius 2 is 1.86 bits per heavy atom. The molecule has 7 heteroatoms. The number of nitrogens with one attached hydrogen (secondary N) is 3. The molecule has 1 saturated carbocycles. The summed E-state index contributed by atoms with van der Waals surface area (Å²) in [5, 5.41) is 9.62. The summed E-state index contributed by atoms with van der Waals surface area (Å²) in [6.07, 6.45) is 3.28. The van der Waals surface area contributed by atoms with E-state index in [1.54, 1.807) is 4.90 Å². The van der Waals surface area contributed by atoms with E-state index in [0.717, 1.165) is 37.0 Å². The summed E-state index contributed by atoms with van der Waals surface area (Å²) in [4.78, 5) is 37.9. The van der Waals surface area contributed by atoms with Crippen LogP contribution in [0.2, 0.25) is 0 Å². The van der Waals surface area contributed by atoms with Crippen molar-refractivity contribution in [2.24, 2.45) is 11.8 Å². The Bertz CT molecular complexity index is 823. The van der Waals surface area contributed by atoms with Gasteiger partial charge < -0.3 is 15.5 Å². The van der Waals surface area contributed by atoms with E-state index in [1.165, 1.54) is 18.4 Å². The van der Waals surface area contributed by atoms with Crippen molar-refractivity contribution < 1.29 is 14.4 Å². The van der Waals surface area contributed by atoms with E-state index in [-0.39, 0.29) is 24.1 Å². The third kappa shape index (κ3) is 3.02.